The van der Waals surface area contributed by atoms with Crippen LogP contribution in [0.15, 0.2) is 72.8 Å². The Kier molecular flexibility index (Phi) is 6.52. The van der Waals surface area contributed by atoms with Crippen LogP contribution in [0.2, 0.25) is 0 Å². The Morgan fingerprint density at radius 3 is 2.14 bits per heavy atom. The first-order valence-corrected chi connectivity index (χ1v) is 8.84. The van der Waals surface area contributed by atoms with Crippen LogP contribution in [-0.4, -0.2) is 26.8 Å². The van der Waals surface area contributed by atoms with Crippen molar-refractivity contribution in [3.8, 4) is 28.4 Å². The lowest BCUT2D eigenvalue weighted by Gasteiger charge is -2.10. The van der Waals surface area contributed by atoms with Gasteiger partial charge in [-0.2, -0.15) is 0 Å². The highest BCUT2D eigenvalue weighted by atomic mass is 16.6. The van der Waals surface area contributed by atoms with Gasteiger partial charge in [0.25, 0.3) is 0 Å². The molecule has 0 aliphatic rings. The van der Waals surface area contributed by atoms with Crippen molar-refractivity contribution in [2.24, 2.45) is 0 Å². The van der Waals surface area contributed by atoms with Crippen molar-refractivity contribution in [3.05, 3.63) is 78.4 Å². The highest BCUT2D eigenvalue weighted by Crippen LogP contribution is 2.27. The molecular weight excluding hydrogens is 356 g/mol. The first-order valence-electron chi connectivity index (χ1n) is 8.84. The number of esters is 1. The highest BCUT2D eigenvalue weighted by Gasteiger charge is 2.08. The Morgan fingerprint density at radius 1 is 0.786 bits per heavy atom. The maximum Gasteiger partial charge on any atom is 0.344 e. The van der Waals surface area contributed by atoms with Gasteiger partial charge in [0.05, 0.1) is 14.2 Å². The molecule has 0 saturated carbocycles. The van der Waals surface area contributed by atoms with Gasteiger partial charge in [0.1, 0.15) is 12.4 Å². The minimum atomic E-state index is -0.443. The molecule has 0 unspecified atom stereocenters. The molecule has 0 radical (unpaired) electrons. The van der Waals surface area contributed by atoms with Gasteiger partial charge in [0, 0.05) is 0 Å². The largest absolute Gasteiger partial charge is 0.493 e. The zero-order valence-corrected chi connectivity index (χ0v) is 15.9. The van der Waals surface area contributed by atoms with Gasteiger partial charge < -0.3 is 18.9 Å². The van der Waals surface area contributed by atoms with Crippen LogP contribution in [-0.2, 0) is 16.1 Å². The minimum absolute atomic E-state index is 0.134. The van der Waals surface area contributed by atoms with Gasteiger partial charge in [-0.1, -0.05) is 48.5 Å². The molecule has 28 heavy (non-hydrogen) atoms. The predicted molar refractivity (Wildman–Crippen MR) is 107 cm³/mol. The van der Waals surface area contributed by atoms with E-state index in [1.807, 2.05) is 60.7 Å². The Bertz CT molecular complexity index is 904. The van der Waals surface area contributed by atoms with E-state index in [2.05, 4.69) is 0 Å². The van der Waals surface area contributed by atoms with Crippen molar-refractivity contribution in [2.75, 3.05) is 20.8 Å². The van der Waals surface area contributed by atoms with Gasteiger partial charge in [-0.05, 0) is 41.0 Å². The van der Waals surface area contributed by atoms with Crippen LogP contribution in [0.4, 0.5) is 0 Å². The van der Waals surface area contributed by atoms with E-state index >= 15 is 0 Å². The van der Waals surface area contributed by atoms with Crippen LogP contribution in [0.1, 0.15) is 5.56 Å². The SMILES string of the molecule is COc1ccc(COC(=O)COc2ccc(-c3ccccc3)cc2)cc1OC. The summed E-state index contributed by atoms with van der Waals surface area (Å²) in [7, 11) is 3.13. The van der Waals surface area contributed by atoms with Crippen LogP contribution < -0.4 is 14.2 Å². The molecule has 0 saturated heterocycles. The van der Waals surface area contributed by atoms with Crippen LogP contribution in [0, 0.1) is 0 Å². The predicted octanol–water partition coefficient (Wildman–Crippen LogP) is 4.49. The van der Waals surface area contributed by atoms with Crippen LogP contribution in [0.3, 0.4) is 0 Å². The van der Waals surface area contributed by atoms with Crippen molar-refractivity contribution in [3.63, 3.8) is 0 Å². The van der Waals surface area contributed by atoms with E-state index in [-0.39, 0.29) is 13.2 Å². The summed E-state index contributed by atoms with van der Waals surface area (Å²) in [4.78, 5) is 12.0. The number of benzene rings is 3. The van der Waals surface area contributed by atoms with E-state index in [0.717, 1.165) is 16.7 Å². The zero-order chi connectivity index (χ0) is 19.8. The van der Waals surface area contributed by atoms with Gasteiger partial charge in [-0.15, -0.1) is 0 Å². The molecular formula is C23H22O5. The molecule has 0 amide bonds. The van der Waals surface area contributed by atoms with Gasteiger partial charge in [-0.3, -0.25) is 0 Å². The minimum Gasteiger partial charge on any atom is -0.493 e. The maximum atomic E-state index is 12.0. The number of methoxy groups -OCH3 is 2. The zero-order valence-electron chi connectivity index (χ0n) is 15.9. The first-order chi connectivity index (χ1) is 13.7. The molecule has 144 valence electrons. The Balaban J connectivity index is 1.49. The van der Waals surface area contributed by atoms with E-state index in [9.17, 15) is 4.79 Å². The lowest BCUT2D eigenvalue weighted by molar-refractivity contribution is -0.147. The molecule has 0 heterocycles. The average molecular weight is 378 g/mol. The van der Waals surface area contributed by atoms with E-state index < -0.39 is 5.97 Å². The summed E-state index contributed by atoms with van der Waals surface area (Å²) in [6, 6.07) is 23.0. The molecule has 3 rings (SSSR count). The molecule has 0 atom stereocenters. The molecule has 3 aromatic rings. The Morgan fingerprint density at radius 2 is 1.46 bits per heavy atom. The van der Waals surface area contributed by atoms with Crippen molar-refractivity contribution in [1.29, 1.82) is 0 Å². The van der Waals surface area contributed by atoms with Gasteiger partial charge >= 0.3 is 5.97 Å². The second-order valence-electron chi connectivity index (χ2n) is 6.03. The highest BCUT2D eigenvalue weighted by molar-refractivity contribution is 5.71. The molecule has 0 fully saturated rings. The number of carbonyl (C=O) groups is 1. The molecule has 5 heteroatoms. The lowest BCUT2D eigenvalue weighted by atomic mass is 10.1. The second-order valence-corrected chi connectivity index (χ2v) is 6.03. The molecule has 0 N–H and O–H groups in total. The third-order valence-corrected chi connectivity index (χ3v) is 4.17. The normalized spacial score (nSPS) is 10.2. The second kappa shape index (κ2) is 9.46. The van der Waals surface area contributed by atoms with Gasteiger partial charge in [0.2, 0.25) is 0 Å². The summed E-state index contributed by atoms with van der Waals surface area (Å²) >= 11 is 0. The summed E-state index contributed by atoms with van der Waals surface area (Å²) in [5, 5.41) is 0. The standard InChI is InChI=1S/C23H22O5/c1-25-21-13-8-17(14-22(21)26-2)15-28-23(24)16-27-20-11-9-19(10-12-20)18-6-4-3-5-7-18/h3-14H,15-16H2,1-2H3. The number of rotatable bonds is 8. The van der Waals surface area contributed by atoms with Crippen LogP contribution in [0.5, 0.6) is 17.2 Å². The van der Waals surface area contributed by atoms with Crippen molar-refractivity contribution in [1.82, 2.24) is 0 Å². The number of ether oxygens (including phenoxy) is 4. The topological polar surface area (TPSA) is 54.0 Å². The fourth-order valence-corrected chi connectivity index (χ4v) is 2.69. The number of carbonyl (C=O) groups excluding carboxylic acids is 1. The fraction of sp³-hybridized carbons (Fsp3) is 0.174. The fourth-order valence-electron chi connectivity index (χ4n) is 2.69. The smallest absolute Gasteiger partial charge is 0.344 e. The van der Waals surface area contributed by atoms with Crippen LogP contribution >= 0.6 is 0 Å². The van der Waals surface area contributed by atoms with E-state index in [0.29, 0.717) is 17.2 Å². The third-order valence-electron chi connectivity index (χ3n) is 4.17. The molecule has 0 aromatic heterocycles. The average Bonchev–Trinajstić information content (AvgIpc) is 2.77. The summed E-state index contributed by atoms with van der Waals surface area (Å²) in [5.41, 5.74) is 3.02. The third kappa shape index (κ3) is 5.04. The van der Waals surface area contributed by atoms with E-state index in [1.165, 1.54) is 0 Å². The first kappa shape index (κ1) is 19.3. The lowest BCUT2D eigenvalue weighted by Crippen LogP contribution is -2.14. The Hall–Kier alpha value is -3.47. The molecule has 3 aromatic carbocycles. The summed E-state index contributed by atoms with van der Waals surface area (Å²) < 4.78 is 21.2. The van der Waals surface area contributed by atoms with E-state index in [4.69, 9.17) is 18.9 Å². The summed E-state index contributed by atoms with van der Waals surface area (Å²) in [5.74, 6) is 1.38. The number of hydrogen-bond acceptors (Lipinski definition) is 5. The summed E-state index contributed by atoms with van der Waals surface area (Å²) in [6.45, 7) is -0.0204. The molecule has 5 nitrogen and oxygen atoms in total. The van der Waals surface area contributed by atoms with Gasteiger partial charge in [-0.25, -0.2) is 4.79 Å². The monoisotopic (exact) mass is 378 g/mol. The van der Waals surface area contributed by atoms with E-state index in [1.54, 1.807) is 26.4 Å². The molecule has 0 aliphatic heterocycles. The van der Waals surface area contributed by atoms with Crippen molar-refractivity contribution >= 4 is 5.97 Å². The Labute approximate surface area is 164 Å². The van der Waals surface area contributed by atoms with Crippen molar-refractivity contribution < 1.29 is 23.7 Å². The maximum absolute atomic E-state index is 12.0. The van der Waals surface area contributed by atoms with Crippen LogP contribution in [0.25, 0.3) is 11.1 Å². The number of hydrogen-bond donors (Lipinski definition) is 0. The quantitative estimate of drug-likeness (QED) is 0.541. The van der Waals surface area contributed by atoms with Crippen molar-refractivity contribution in [2.45, 2.75) is 6.61 Å². The summed E-state index contributed by atoms with van der Waals surface area (Å²) in [6.07, 6.45) is 0. The molecule has 0 bridgehead atoms. The molecule has 0 aliphatic carbocycles. The molecule has 0 spiro atoms. The van der Waals surface area contributed by atoms with Gasteiger partial charge in [0.15, 0.2) is 18.1 Å².